The highest BCUT2D eigenvalue weighted by Crippen LogP contribution is 2.36. The molecule has 0 spiro atoms. The van der Waals surface area contributed by atoms with E-state index in [-0.39, 0.29) is 5.91 Å². The third-order valence-electron chi connectivity index (χ3n) is 5.10. The summed E-state index contributed by atoms with van der Waals surface area (Å²) >= 11 is 6.18. The van der Waals surface area contributed by atoms with Crippen LogP contribution in [0, 0.1) is 6.92 Å². The summed E-state index contributed by atoms with van der Waals surface area (Å²) < 4.78 is 16.7. The number of amides is 1. The SMILES string of the molecule is COc1ccc(-c2cnc(-c3ccccc3C(=O)Nc3cccc(Cl)c3C)o2)c(OC)c1. The highest BCUT2D eigenvalue weighted by atomic mass is 35.5. The van der Waals surface area contributed by atoms with E-state index in [4.69, 9.17) is 25.5 Å². The zero-order valence-corrected chi connectivity index (χ0v) is 18.6. The summed E-state index contributed by atoms with van der Waals surface area (Å²) in [7, 11) is 3.17. The fourth-order valence-electron chi connectivity index (χ4n) is 3.33. The lowest BCUT2D eigenvalue weighted by molar-refractivity contribution is 0.102. The molecule has 4 aromatic rings. The van der Waals surface area contributed by atoms with Gasteiger partial charge in [0.2, 0.25) is 5.89 Å². The number of anilines is 1. The van der Waals surface area contributed by atoms with Gasteiger partial charge in [-0.2, -0.15) is 0 Å². The minimum absolute atomic E-state index is 0.284. The number of benzene rings is 3. The van der Waals surface area contributed by atoms with Crippen molar-refractivity contribution in [2.24, 2.45) is 0 Å². The molecule has 0 saturated heterocycles. The van der Waals surface area contributed by atoms with Crippen molar-refractivity contribution in [3.05, 3.63) is 83.0 Å². The molecule has 0 saturated carbocycles. The Bertz CT molecular complexity index is 1280. The minimum atomic E-state index is -0.284. The second-order valence-electron chi connectivity index (χ2n) is 7.01. The highest BCUT2D eigenvalue weighted by molar-refractivity contribution is 6.31. The molecule has 1 aromatic heterocycles. The van der Waals surface area contributed by atoms with Crippen LogP contribution in [0.1, 0.15) is 15.9 Å². The predicted molar refractivity (Wildman–Crippen MR) is 125 cm³/mol. The van der Waals surface area contributed by atoms with Crippen LogP contribution in [0.5, 0.6) is 11.5 Å². The smallest absolute Gasteiger partial charge is 0.256 e. The summed E-state index contributed by atoms with van der Waals surface area (Å²) in [6.45, 7) is 1.85. The maximum atomic E-state index is 13.1. The molecule has 0 aliphatic carbocycles. The lowest BCUT2D eigenvalue weighted by Crippen LogP contribution is -2.14. The first kappa shape index (κ1) is 21.5. The Morgan fingerprint density at radius 3 is 2.59 bits per heavy atom. The van der Waals surface area contributed by atoms with Gasteiger partial charge in [0, 0.05) is 22.3 Å². The van der Waals surface area contributed by atoms with Crippen molar-refractivity contribution in [2.45, 2.75) is 6.92 Å². The normalized spacial score (nSPS) is 10.6. The van der Waals surface area contributed by atoms with E-state index >= 15 is 0 Å². The molecule has 0 bridgehead atoms. The van der Waals surface area contributed by atoms with E-state index in [9.17, 15) is 4.79 Å². The number of oxazole rings is 1. The number of nitrogens with zero attached hydrogens (tertiary/aromatic N) is 1. The number of rotatable bonds is 6. The third kappa shape index (κ3) is 4.18. The second-order valence-corrected chi connectivity index (χ2v) is 7.42. The summed E-state index contributed by atoms with van der Waals surface area (Å²) in [4.78, 5) is 17.5. The number of hydrogen-bond acceptors (Lipinski definition) is 5. The number of ether oxygens (including phenoxy) is 2. The van der Waals surface area contributed by atoms with Gasteiger partial charge in [-0.05, 0) is 48.9 Å². The second kappa shape index (κ2) is 9.16. The van der Waals surface area contributed by atoms with Gasteiger partial charge in [-0.25, -0.2) is 4.98 Å². The average Bonchev–Trinajstić information content (AvgIpc) is 3.31. The standard InChI is InChI=1S/C25H21ClN2O4/c1-15-20(26)9-6-10-21(15)28-24(29)17-7-4-5-8-18(17)25-27-14-23(32-25)19-12-11-16(30-2)13-22(19)31-3/h4-14H,1-3H3,(H,28,29). The fourth-order valence-corrected chi connectivity index (χ4v) is 3.50. The van der Waals surface area contributed by atoms with Gasteiger partial charge >= 0.3 is 0 Å². The van der Waals surface area contributed by atoms with Crippen molar-refractivity contribution < 1.29 is 18.7 Å². The van der Waals surface area contributed by atoms with Crippen LogP contribution in [0.4, 0.5) is 5.69 Å². The van der Waals surface area contributed by atoms with Gasteiger partial charge in [0.05, 0.1) is 31.5 Å². The molecule has 1 amide bonds. The number of nitrogens with one attached hydrogen (secondary N) is 1. The van der Waals surface area contributed by atoms with Gasteiger partial charge < -0.3 is 19.2 Å². The summed E-state index contributed by atoms with van der Waals surface area (Å²) in [5.74, 6) is 1.82. The van der Waals surface area contributed by atoms with Crippen molar-refractivity contribution in [2.75, 3.05) is 19.5 Å². The fraction of sp³-hybridized carbons (Fsp3) is 0.120. The first-order valence-corrected chi connectivity index (χ1v) is 10.2. The van der Waals surface area contributed by atoms with E-state index < -0.39 is 0 Å². The number of aromatic nitrogens is 1. The van der Waals surface area contributed by atoms with Crippen molar-refractivity contribution in [1.82, 2.24) is 4.98 Å². The van der Waals surface area contributed by atoms with Crippen LogP contribution in [0.15, 0.2) is 71.3 Å². The van der Waals surface area contributed by atoms with Gasteiger partial charge in [0.25, 0.3) is 5.91 Å². The molecular weight excluding hydrogens is 428 g/mol. The monoisotopic (exact) mass is 448 g/mol. The Morgan fingerprint density at radius 2 is 1.81 bits per heavy atom. The topological polar surface area (TPSA) is 73.6 Å². The lowest BCUT2D eigenvalue weighted by atomic mass is 10.1. The van der Waals surface area contributed by atoms with Crippen LogP contribution >= 0.6 is 11.6 Å². The van der Waals surface area contributed by atoms with Crippen molar-refractivity contribution in [3.8, 4) is 34.3 Å². The number of carbonyl (C=O) groups is 1. The largest absolute Gasteiger partial charge is 0.497 e. The molecule has 1 heterocycles. The van der Waals surface area contributed by atoms with Crippen molar-refractivity contribution in [1.29, 1.82) is 0 Å². The molecular formula is C25H21ClN2O4. The van der Waals surface area contributed by atoms with Gasteiger partial charge in [-0.1, -0.05) is 29.8 Å². The molecule has 0 aliphatic rings. The molecule has 0 fully saturated rings. The van der Waals surface area contributed by atoms with Crippen LogP contribution in [-0.4, -0.2) is 25.1 Å². The molecule has 0 radical (unpaired) electrons. The average molecular weight is 449 g/mol. The van der Waals surface area contributed by atoms with Crippen molar-refractivity contribution >= 4 is 23.2 Å². The molecule has 1 N–H and O–H groups in total. The van der Waals surface area contributed by atoms with Gasteiger partial charge in [-0.15, -0.1) is 0 Å². The molecule has 162 valence electrons. The summed E-state index contributed by atoms with van der Waals surface area (Å²) in [5, 5.41) is 3.51. The summed E-state index contributed by atoms with van der Waals surface area (Å²) in [6, 6.07) is 17.9. The first-order chi connectivity index (χ1) is 15.5. The van der Waals surface area contributed by atoms with E-state index in [1.807, 2.05) is 25.1 Å². The number of methoxy groups -OCH3 is 2. The number of halogens is 1. The summed E-state index contributed by atoms with van der Waals surface area (Å²) in [6.07, 6.45) is 1.61. The van der Waals surface area contributed by atoms with Gasteiger partial charge in [0.1, 0.15) is 11.5 Å². The Labute approximate surface area is 190 Å². The molecule has 4 rings (SSSR count). The first-order valence-electron chi connectivity index (χ1n) is 9.86. The zero-order chi connectivity index (χ0) is 22.7. The maximum Gasteiger partial charge on any atom is 0.256 e. The van der Waals surface area contributed by atoms with E-state index in [0.29, 0.717) is 45.0 Å². The van der Waals surface area contributed by atoms with Crippen LogP contribution in [0.3, 0.4) is 0 Å². The van der Waals surface area contributed by atoms with Gasteiger partial charge in [-0.3, -0.25) is 4.79 Å². The lowest BCUT2D eigenvalue weighted by Gasteiger charge is -2.11. The third-order valence-corrected chi connectivity index (χ3v) is 5.51. The van der Waals surface area contributed by atoms with Crippen molar-refractivity contribution in [3.63, 3.8) is 0 Å². The quantitative estimate of drug-likeness (QED) is 0.378. The molecule has 3 aromatic carbocycles. The van der Waals surface area contributed by atoms with Crippen LogP contribution in [0.2, 0.25) is 5.02 Å². The van der Waals surface area contributed by atoms with E-state index in [1.165, 1.54) is 0 Å². The van der Waals surface area contributed by atoms with Crippen LogP contribution in [0.25, 0.3) is 22.8 Å². The van der Waals surface area contributed by atoms with E-state index in [0.717, 1.165) is 11.1 Å². The Morgan fingerprint density at radius 1 is 1.00 bits per heavy atom. The Hall–Kier alpha value is -3.77. The maximum absolute atomic E-state index is 13.1. The van der Waals surface area contributed by atoms with Crippen LogP contribution in [-0.2, 0) is 0 Å². The molecule has 0 atom stereocenters. The Balaban J connectivity index is 1.68. The minimum Gasteiger partial charge on any atom is -0.497 e. The number of hydrogen-bond donors (Lipinski definition) is 1. The molecule has 32 heavy (non-hydrogen) atoms. The van der Waals surface area contributed by atoms with E-state index in [1.54, 1.807) is 62.9 Å². The van der Waals surface area contributed by atoms with E-state index in [2.05, 4.69) is 10.3 Å². The molecule has 7 heteroatoms. The van der Waals surface area contributed by atoms with Crippen LogP contribution < -0.4 is 14.8 Å². The molecule has 0 unspecified atom stereocenters. The highest BCUT2D eigenvalue weighted by Gasteiger charge is 2.19. The zero-order valence-electron chi connectivity index (χ0n) is 17.8. The predicted octanol–water partition coefficient (Wildman–Crippen LogP) is 6.24. The molecule has 0 aliphatic heterocycles. The van der Waals surface area contributed by atoms with Gasteiger partial charge in [0.15, 0.2) is 5.76 Å². The molecule has 6 nitrogen and oxygen atoms in total. The Kier molecular flexibility index (Phi) is 6.14. The number of carbonyl (C=O) groups excluding carboxylic acids is 1. The summed E-state index contributed by atoms with van der Waals surface area (Å²) in [5.41, 5.74) is 3.17.